The third-order valence-electron chi connectivity index (χ3n) is 3.70. The van der Waals surface area contributed by atoms with Crippen molar-refractivity contribution in [3.8, 4) is 0 Å². The monoisotopic (exact) mass is 233 g/mol. The zero-order valence-electron chi connectivity index (χ0n) is 10.7. The topological polar surface area (TPSA) is 29.5 Å². The van der Waals surface area contributed by atoms with E-state index < -0.39 is 0 Å². The number of methoxy groups -OCH3 is 1. The van der Waals surface area contributed by atoms with Crippen LogP contribution in [0.15, 0.2) is 18.2 Å². The largest absolute Gasteiger partial charge is 0.453 e. The fraction of sp³-hybridized carbons (Fsp3) is 0.500. The Hall–Kier alpha value is -1.51. The van der Waals surface area contributed by atoms with Crippen LogP contribution in [0.2, 0.25) is 0 Å². The Labute approximate surface area is 102 Å². The standard InChI is InChI=1S/C14H19NO2/c1-10-5-4-6-11-7-8-12(9-13(10)11)15(2)14(16)17-3/h4-6,12H,7-9H2,1-3H3. The molecule has 1 atom stereocenters. The summed E-state index contributed by atoms with van der Waals surface area (Å²) in [7, 11) is 3.25. The molecule has 17 heavy (non-hydrogen) atoms. The molecular weight excluding hydrogens is 214 g/mol. The maximum atomic E-state index is 11.5. The number of fused-ring (bicyclic) bond motifs is 1. The van der Waals surface area contributed by atoms with E-state index >= 15 is 0 Å². The minimum absolute atomic E-state index is 0.243. The lowest BCUT2D eigenvalue weighted by atomic mass is 9.85. The second-order valence-electron chi connectivity index (χ2n) is 4.69. The van der Waals surface area contributed by atoms with Crippen LogP contribution in [-0.2, 0) is 17.6 Å². The second kappa shape index (κ2) is 4.78. The highest BCUT2D eigenvalue weighted by Gasteiger charge is 2.26. The summed E-state index contributed by atoms with van der Waals surface area (Å²) in [6, 6.07) is 6.70. The van der Waals surface area contributed by atoms with Crippen LogP contribution < -0.4 is 0 Å². The van der Waals surface area contributed by atoms with Gasteiger partial charge in [-0.15, -0.1) is 0 Å². The molecule has 0 saturated carbocycles. The summed E-state index contributed by atoms with van der Waals surface area (Å²) in [5.74, 6) is 0. The van der Waals surface area contributed by atoms with Crippen molar-refractivity contribution in [2.75, 3.05) is 14.2 Å². The molecule has 1 aliphatic carbocycles. The normalized spacial score (nSPS) is 18.4. The number of amides is 1. The summed E-state index contributed by atoms with van der Waals surface area (Å²) in [4.78, 5) is 13.2. The predicted molar refractivity (Wildman–Crippen MR) is 67.2 cm³/mol. The van der Waals surface area contributed by atoms with Crippen molar-refractivity contribution in [2.45, 2.75) is 32.2 Å². The smallest absolute Gasteiger partial charge is 0.409 e. The first-order valence-corrected chi connectivity index (χ1v) is 6.01. The minimum Gasteiger partial charge on any atom is -0.453 e. The van der Waals surface area contributed by atoms with E-state index in [2.05, 4.69) is 25.1 Å². The van der Waals surface area contributed by atoms with Crippen molar-refractivity contribution in [1.82, 2.24) is 4.90 Å². The van der Waals surface area contributed by atoms with E-state index in [0.29, 0.717) is 0 Å². The van der Waals surface area contributed by atoms with E-state index in [4.69, 9.17) is 4.74 Å². The number of hydrogen-bond donors (Lipinski definition) is 0. The summed E-state index contributed by atoms with van der Waals surface area (Å²) in [6.45, 7) is 2.14. The predicted octanol–water partition coefficient (Wildman–Crippen LogP) is 2.55. The molecule has 1 aliphatic rings. The molecule has 1 aromatic carbocycles. The lowest BCUT2D eigenvalue weighted by Gasteiger charge is -2.32. The number of likely N-dealkylation sites (N-methyl/N-ethyl adjacent to an activating group) is 1. The van der Waals surface area contributed by atoms with Gasteiger partial charge in [0, 0.05) is 13.1 Å². The SMILES string of the molecule is COC(=O)N(C)C1CCc2cccc(C)c2C1. The first kappa shape index (κ1) is 12.0. The van der Waals surface area contributed by atoms with Crippen LogP contribution in [0.4, 0.5) is 4.79 Å². The zero-order chi connectivity index (χ0) is 12.4. The van der Waals surface area contributed by atoms with Gasteiger partial charge in [-0.3, -0.25) is 0 Å². The third kappa shape index (κ3) is 2.28. The average molecular weight is 233 g/mol. The molecule has 92 valence electrons. The van der Waals surface area contributed by atoms with E-state index in [1.54, 1.807) is 4.90 Å². The molecule has 0 aromatic heterocycles. The fourth-order valence-electron chi connectivity index (χ4n) is 2.57. The van der Waals surface area contributed by atoms with Crippen LogP contribution in [-0.4, -0.2) is 31.2 Å². The van der Waals surface area contributed by atoms with Crippen molar-refractivity contribution < 1.29 is 9.53 Å². The number of hydrogen-bond acceptors (Lipinski definition) is 2. The Kier molecular flexibility index (Phi) is 3.36. The highest BCUT2D eigenvalue weighted by Crippen LogP contribution is 2.26. The van der Waals surface area contributed by atoms with Gasteiger partial charge in [0.15, 0.2) is 0 Å². The summed E-state index contributed by atoms with van der Waals surface area (Å²) in [6.07, 6.45) is 2.76. The van der Waals surface area contributed by atoms with E-state index in [1.807, 2.05) is 7.05 Å². The van der Waals surface area contributed by atoms with Crippen LogP contribution in [0.5, 0.6) is 0 Å². The van der Waals surface area contributed by atoms with Crippen LogP contribution in [0.25, 0.3) is 0 Å². The number of ether oxygens (including phenoxy) is 1. The Morgan fingerprint density at radius 2 is 2.24 bits per heavy atom. The maximum Gasteiger partial charge on any atom is 0.409 e. The van der Waals surface area contributed by atoms with Gasteiger partial charge < -0.3 is 9.64 Å². The summed E-state index contributed by atoms with van der Waals surface area (Å²) >= 11 is 0. The van der Waals surface area contributed by atoms with Crippen molar-refractivity contribution in [1.29, 1.82) is 0 Å². The van der Waals surface area contributed by atoms with Gasteiger partial charge in [-0.25, -0.2) is 4.79 Å². The molecule has 0 heterocycles. The zero-order valence-corrected chi connectivity index (χ0v) is 10.7. The molecule has 3 heteroatoms. The third-order valence-corrected chi connectivity index (χ3v) is 3.70. The van der Waals surface area contributed by atoms with E-state index in [-0.39, 0.29) is 12.1 Å². The van der Waals surface area contributed by atoms with Gasteiger partial charge in [0.25, 0.3) is 0 Å². The van der Waals surface area contributed by atoms with E-state index in [9.17, 15) is 4.79 Å². The number of benzene rings is 1. The Bertz CT molecular complexity index is 428. The molecule has 0 spiro atoms. The van der Waals surface area contributed by atoms with Gasteiger partial charge in [-0.2, -0.15) is 0 Å². The van der Waals surface area contributed by atoms with Gasteiger partial charge >= 0.3 is 6.09 Å². The molecule has 1 aromatic rings. The lowest BCUT2D eigenvalue weighted by molar-refractivity contribution is 0.114. The van der Waals surface area contributed by atoms with Crippen molar-refractivity contribution >= 4 is 6.09 Å². The lowest BCUT2D eigenvalue weighted by Crippen LogP contribution is -2.40. The minimum atomic E-state index is -0.243. The maximum absolute atomic E-state index is 11.5. The van der Waals surface area contributed by atoms with Gasteiger partial charge in [0.05, 0.1) is 7.11 Å². The molecular formula is C14H19NO2. The quantitative estimate of drug-likeness (QED) is 0.746. The van der Waals surface area contributed by atoms with Crippen LogP contribution in [0.3, 0.4) is 0 Å². The summed E-state index contributed by atoms with van der Waals surface area (Å²) in [5.41, 5.74) is 4.16. The Morgan fingerprint density at radius 3 is 2.94 bits per heavy atom. The number of aryl methyl sites for hydroxylation is 2. The molecule has 0 N–H and O–H groups in total. The Morgan fingerprint density at radius 1 is 1.47 bits per heavy atom. The average Bonchev–Trinajstić information content (AvgIpc) is 2.37. The van der Waals surface area contributed by atoms with Crippen molar-refractivity contribution in [3.05, 3.63) is 34.9 Å². The van der Waals surface area contributed by atoms with Crippen LogP contribution in [0, 0.1) is 6.92 Å². The van der Waals surface area contributed by atoms with Crippen LogP contribution in [0.1, 0.15) is 23.1 Å². The van der Waals surface area contributed by atoms with Gasteiger partial charge in [0.2, 0.25) is 0 Å². The molecule has 1 amide bonds. The number of rotatable bonds is 1. The van der Waals surface area contributed by atoms with E-state index in [0.717, 1.165) is 19.3 Å². The second-order valence-corrected chi connectivity index (χ2v) is 4.69. The van der Waals surface area contributed by atoms with Gasteiger partial charge in [0.1, 0.15) is 0 Å². The fourth-order valence-corrected chi connectivity index (χ4v) is 2.57. The highest BCUT2D eigenvalue weighted by atomic mass is 16.5. The summed E-state index contributed by atoms with van der Waals surface area (Å²) < 4.78 is 4.77. The first-order chi connectivity index (χ1) is 8.13. The number of carbonyl (C=O) groups is 1. The van der Waals surface area contributed by atoms with Gasteiger partial charge in [-0.05, 0) is 42.9 Å². The number of nitrogens with zero attached hydrogens (tertiary/aromatic N) is 1. The molecule has 2 rings (SSSR count). The molecule has 0 bridgehead atoms. The molecule has 0 radical (unpaired) electrons. The number of carbonyl (C=O) groups excluding carboxylic acids is 1. The highest BCUT2D eigenvalue weighted by molar-refractivity contribution is 5.67. The summed E-state index contributed by atoms with van der Waals surface area (Å²) in [5, 5.41) is 0. The molecule has 0 fully saturated rings. The van der Waals surface area contributed by atoms with Crippen molar-refractivity contribution in [3.63, 3.8) is 0 Å². The van der Waals surface area contributed by atoms with Gasteiger partial charge in [-0.1, -0.05) is 18.2 Å². The molecule has 1 unspecified atom stereocenters. The molecule has 0 saturated heterocycles. The van der Waals surface area contributed by atoms with Crippen LogP contribution >= 0.6 is 0 Å². The van der Waals surface area contributed by atoms with E-state index in [1.165, 1.54) is 23.8 Å². The van der Waals surface area contributed by atoms with Crippen molar-refractivity contribution in [2.24, 2.45) is 0 Å². The first-order valence-electron chi connectivity index (χ1n) is 6.01. The molecule has 0 aliphatic heterocycles. The Balaban J connectivity index is 2.18. The molecule has 3 nitrogen and oxygen atoms in total.